The molecule has 3 amide bonds. The molecular formula is C25H21N3O5S. The summed E-state index contributed by atoms with van der Waals surface area (Å²) in [6, 6.07) is 15.5. The van der Waals surface area contributed by atoms with Crippen LogP contribution in [0.5, 0.6) is 0 Å². The number of amides is 3. The van der Waals surface area contributed by atoms with Crippen LogP contribution in [0.15, 0.2) is 65.7 Å². The van der Waals surface area contributed by atoms with E-state index in [4.69, 9.17) is 0 Å². The molecule has 1 aliphatic rings. The van der Waals surface area contributed by atoms with E-state index in [1.54, 1.807) is 47.2 Å². The second-order valence-electron chi connectivity index (χ2n) is 7.79. The molecule has 0 radical (unpaired) electrons. The van der Waals surface area contributed by atoms with Crippen LogP contribution in [0.3, 0.4) is 0 Å². The van der Waals surface area contributed by atoms with Gasteiger partial charge in [0.05, 0.1) is 10.5 Å². The molecule has 9 heteroatoms. The maximum absolute atomic E-state index is 12.9. The molecule has 1 saturated heterocycles. The standard InChI is InChI=1S/C25H21N3O5S/c1-15-8-9-20(16(2)11-15)26-22(29)14-28-23(30)21(34-25(28)33)13-19-7-4-10-27(19)18-6-3-5-17(12-18)24(31)32/h3-13H,14H2,1-2H3,(H,26,29)(H,31,32)/b21-13+. The van der Waals surface area contributed by atoms with Crippen molar-refractivity contribution in [3.63, 3.8) is 0 Å². The molecule has 2 N–H and O–H groups in total. The smallest absolute Gasteiger partial charge is 0.335 e. The number of nitrogens with one attached hydrogen (secondary N) is 1. The van der Waals surface area contributed by atoms with E-state index in [9.17, 15) is 24.3 Å². The van der Waals surface area contributed by atoms with Gasteiger partial charge in [-0.1, -0.05) is 23.8 Å². The van der Waals surface area contributed by atoms with E-state index < -0.39 is 29.6 Å². The zero-order valence-corrected chi connectivity index (χ0v) is 19.3. The van der Waals surface area contributed by atoms with E-state index in [-0.39, 0.29) is 10.5 Å². The summed E-state index contributed by atoms with van der Waals surface area (Å²) in [5.41, 5.74) is 3.89. The molecular weight excluding hydrogens is 454 g/mol. The molecule has 0 atom stereocenters. The average molecular weight is 476 g/mol. The fraction of sp³-hybridized carbons (Fsp3) is 0.120. The second-order valence-corrected chi connectivity index (χ2v) is 8.79. The highest BCUT2D eigenvalue weighted by Crippen LogP contribution is 2.32. The fourth-order valence-electron chi connectivity index (χ4n) is 3.59. The summed E-state index contributed by atoms with van der Waals surface area (Å²) in [6.45, 7) is 3.42. The van der Waals surface area contributed by atoms with E-state index in [2.05, 4.69) is 5.32 Å². The molecule has 0 unspecified atom stereocenters. The topological polar surface area (TPSA) is 109 Å². The maximum atomic E-state index is 12.9. The summed E-state index contributed by atoms with van der Waals surface area (Å²) in [4.78, 5) is 50.2. The van der Waals surface area contributed by atoms with Crippen LogP contribution in [0.4, 0.5) is 10.5 Å². The van der Waals surface area contributed by atoms with Crippen molar-refractivity contribution in [2.75, 3.05) is 11.9 Å². The first-order valence-electron chi connectivity index (χ1n) is 10.4. The van der Waals surface area contributed by atoms with Crippen LogP contribution in [0, 0.1) is 13.8 Å². The van der Waals surface area contributed by atoms with Crippen LogP contribution >= 0.6 is 11.8 Å². The predicted molar refractivity (Wildman–Crippen MR) is 130 cm³/mol. The van der Waals surface area contributed by atoms with Crippen molar-refractivity contribution in [2.45, 2.75) is 13.8 Å². The third-order valence-electron chi connectivity index (χ3n) is 5.26. The highest BCUT2D eigenvalue weighted by atomic mass is 32.2. The largest absolute Gasteiger partial charge is 0.478 e. The highest BCUT2D eigenvalue weighted by Gasteiger charge is 2.36. The van der Waals surface area contributed by atoms with Gasteiger partial charge in [0.15, 0.2) is 0 Å². The number of hydrogen-bond donors (Lipinski definition) is 2. The summed E-state index contributed by atoms with van der Waals surface area (Å²) in [6.07, 6.45) is 3.29. The molecule has 172 valence electrons. The van der Waals surface area contributed by atoms with Crippen molar-refractivity contribution in [1.82, 2.24) is 9.47 Å². The number of carbonyl (C=O) groups excluding carboxylic acids is 3. The quantitative estimate of drug-likeness (QED) is 0.510. The maximum Gasteiger partial charge on any atom is 0.335 e. The number of nitrogens with zero attached hydrogens (tertiary/aromatic N) is 2. The number of rotatable bonds is 6. The van der Waals surface area contributed by atoms with Gasteiger partial charge in [0.2, 0.25) is 5.91 Å². The number of aromatic carboxylic acids is 1. The minimum absolute atomic E-state index is 0.132. The number of anilines is 1. The van der Waals surface area contributed by atoms with Crippen molar-refractivity contribution in [1.29, 1.82) is 0 Å². The van der Waals surface area contributed by atoms with Crippen LogP contribution in [0.2, 0.25) is 0 Å². The summed E-state index contributed by atoms with van der Waals surface area (Å²) < 4.78 is 1.72. The van der Waals surface area contributed by atoms with Crippen molar-refractivity contribution >= 4 is 46.5 Å². The van der Waals surface area contributed by atoms with Gasteiger partial charge in [-0.2, -0.15) is 0 Å². The molecule has 1 fully saturated rings. The number of carbonyl (C=O) groups is 4. The van der Waals surface area contributed by atoms with Gasteiger partial charge in [-0.25, -0.2) is 4.79 Å². The molecule has 0 aliphatic carbocycles. The third-order valence-corrected chi connectivity index (χ3v) is 6.17. The van der Waals surface area contributed by atoms with Crippen molar-refractivity contribution in [2.24, 2.45) is 0 Å². The van der Waals surface area contributed by atoms with Crippen molar-refractivity contribution < 1.29 is 24.3 Å². The first-order valence-corrected chi connectivity index (χ1v) is 11.2. The molecule has 1 aliphatic heterocycles. The second kappa shape index (κ2) is 9.40. The van der Waals surface area contributed by atoms with E-state index >= 15 is 0 Å². The van der Waals surface area contributed by atoms with Gasteiger partial charge < -0.3 is 15.0 Å². The van der Waals surface area contributed by atoms with E-state index in [0.717, 1.165) is 27.8 Å². The molecule has 1 aromatic heterocycles. The molecule has 8 nitrogen and oxygen atoms in total. The van der Waals surface area contributed by atoms with Crippen LogP contribution in [-0.2, 0) is 9.59 Å². The number of aryl methyl sites for hydroxylation is 2. The first-order chi connectivity index (χ1) is 16.2. The molecule has 34 heavy (non-hydrogen) atoms. The number of aromatic nitrogens is 1. The number of thioether (sulfide) groups is 1. The Labute approximate surface area is 199 Å². The Balaban J connectivity index is 1.52. The fourth-order valence-corrected chi connectivity index (χ4v) is 4.42. The SMILES string of the molecule is Cc1ccc(NC(=O)CN2C(=O)S/C(=C/c3cccn3-c3cccc(C(=O)O)c3)C2=O)c(C)c1. The normalized spacial score (nSPS) is 14.6. The van der Waals surface area contributed by atoms with Gasteiger partial charge in [-0.15, -0.1) is 0 Å². The Morgan fingerprint density at radius 2 is 1.85 bits per heavy atom. The van der Waals surface area contributed by atoms with Crippen molar-refractivity contribution in [3.8, 4) is 5.69 Å². The zero-order valence-electron chi connectivity index (χ0n) is 18.4. The van der Waals surface area contributed by atoms with Crippen LogP contribution < -0.4 is 5.32 Å². The molecule has 2 heterocycles. The van der Waals surface area contributed by atoms with Gasteiger partial charge >= 0.3 is 5.97 Å². The van der Waals surface area contributed by atoms with Crippen LogP contribution in [0.1, 0.15) is 27.2 Å². The van der Waals surface area contributed by atoms with E-state index in [1.165, 1.54) is 12.1 Å². The Hall–Kier alpha value is -4.11. The summed E-state index contributed by atoms with van der Waals surface area (Å²) in [5.74, 6) is -2.07. The number of benzene rings is 2. The van der Waals surface area contributed by atoms with E-state index in [1.807, 2.05) is 26.0 Å². The number of hydrogen-bond acceptors (Lipinski definition) is 5. The Bertz CT molecular complexity index is 1360. The lowest BCUT2D eigenvalue weighted by atomic mass is 10.1. The highest BCUT2D eigenvalue weighted by molar-refractivity contribution is 8.18. The zero-order chi connectivity index (χ0) is 24.4. The molecule has 0 bridgehead atoms. The Morgan fingerprint density at radius 3 is 2.59 bits per heavy atom. The number of carboxylic acids is 1. The van der Waals surface area contributed by atoms with Gasteiger partial charge in [0, 0.05) is 23.3 Å². The molecule has 2 aromatic carbocycles. The minimum Gasteiger partial charge on any atom is -0.478 e. The lowest BCUT2D eigenvalue weighted by molar-refractivity contribution is -0.127. The Morgan fingerprint density at radius 1 is 1.06 bits per heavy atom. The number of imide groups is 1. The van der Waals surface area contributed by atoms with Crippen LogP contribution in [-0.4, -0.2) is 44.1 Å². The lowest BCUT2D eigenvalue weighted by Gasteiger charge is -2.14. The predicted octanol–water partition coefficient (Wildman–Crippen LogP) is 4.47. The summed E-state index contributed by atoms with van der Waals surface area (Å²) in [5, 5.41) is 11.5. The monoisotopic (exact) mass is 475 g/mol. The summed E-state index contributed by atoms with van der Waals surface area (Å²) in [7, 11) is 0. The third kappa shape index (κ3) is 4.79. The molecule has 3 aromatic rings. The van der Waals surface area contributed by atoms with E-state index in [0.29, 0.717) is 17.1 Å². The Kier molecular flexibility index (Phi) is 6.38. The minimum atomic E-state index is -1.05. The number of carboxylic acid groups (broad SMARTS) is 1. The van der Waals surface area contributed by atoms with Gasteiger partial charge in [-0.3, -0.25) is 19.3 Å². The van der Waals surface area contributed by atoms with Gasteiger partial charge in [-0.05, 0) is 73.6 Å². The van der Waals surface area contributed by atoms with Gasteiger partial charge in [0.1, 0.15) is 6.54 Å². The van der Waals surface area contributed by atoms with Gasteiger partial charge in [0.25, 0.3) is 11.1 Å². The molecule has 0 spiro atoms. The first kappa shape index (κ1) is 23.1. The molecule has 4 rings (SSSR count). The summed E-state index contributed by atoms with van der Waals surface area (Å²) >= 11 is 0.756. The lowest BCUT2D eigenvalue weighted by Crippen LogP contribution is -2.36. The van der Waals surface area contributed by atoms with Crippen molar-refractivity contribution in [3.05, 3.63) is 88.1 Å². The van der Waals surface area contributed by atoms with Crippen LogP contribution in [0.25, 0.3) is 11.8 Å². The molecule has 0 saturated carbocycles. The average Bonchev–Trinajstić information content (AvgIpc) is 3.36.